The molecule has 0 saturated heterocycles. The third-order valence-electron chi connectivity index (χ3n) is 9.21. The van der Waals surface area contributed by atoms with Crippen LogP contribution in [0.3, 0.4) is 0 Å². The molecule has 0 aliphatic heterocycles. The van der Waals surface area contributed by atoms with E-state index in [1.54, 1.807) is 0 Å². The van der Waals surface area contributed by atoms with Crippen molar-refractivity contribution < 1.29 is 20.1 Å². The zero-order chi connectivity index (χ0) is 31.6. The number of aliphatic hydroxyl groups is 3. The number of nitrogens with one attached hydrogen (secondary N) is 1. The molecule has 258 valence electrons. The number of carbonyl (C=O) groups excluding carboxylic acids is 1. The fourth-order valence-electron chi connectivity index (χ4n) is 6.16. The molecule has 5 nitrogen and oxygen atoms in total. The lowest BCUT2D eigenvalue weighted by Crippen LogP contribution is -2.50. The molecule has 0 radical (unpaired) electrons. The lowest BCUT2D eigenvalue weighted by atomic mass is 9.99. The van der Waals surface area contributed by atoms with E-state index in [-0.39, 0.29) is 12.5 Å². The molecule has 43 heavy (non-hydrogen) atoms. The molecule has 0 aromatic rings. The van der Waals surface area contributed by atoms with Gasteiger partial charge in [0.2, 0.25) is 5.91 Å². The second kappa shape index (κ2) is 34.2. The van der Waals surface area contributed by atoms with Gasteiger partial charge < -0.3 is 20.6 Å². The minimum Gasteiger partial charge on any atom is -0.394 e. The molecule has 3 atom stereocenters. The lowest BCUT2D eigenvalue weighted by molar-refractivity contribution is -0.124. The molecule has 4 N–H and O–H groups in total. The lowest BCUT2D eigenvalue weighted by Gasteiger charge is -2.26. The van der Waals surface area contributed by atoms with E-state index >= 15 is 0 Å². The van der Waals surface area contributed by atoms with Crippen molar-refractivity contribution in [2.45, 2.75) is 231 Å². The van der Waals surface area contributed by atoms with Crippen LogP contribution in [0.4, 0.5) is 0 Å². The van der Waals surface area contributed by atoms with Crippen molar-refractivity contribution in [3.05, 3.63) is 0 Å². The molecule has 0 rings (SSSR count). The first kappa shape index (κ1) is 42.3. The van der Waals surface area contributed by atoms with Gasteiger partial charge in [-0.15, -0.1) is 0 Å². The Balaban J connectivity index is 3.62. The quantitative estimate of drug-likeness (QED) is 0.0537. The van der Waals surface area contributed by atoms with Gasteiger partial charge in [-0.25, -0.2) is 0 Å². The van der Waals surface area contributed by atoms with E-state index in [2.05, 4.69) is 19.2 Å². The second-order valence-electron chi connectivity index (χ2n) is 13.5. The largest absolute Gasteiger partial charge is 0.394 e. The van der Waals surface area contributed by atoms with Gasteiger partial charge in [-0.3, -0.25) is 4.79 Å². The van der Waals surface area contributed by atoms with Gasteiger partial charge >= 0.3 is 0 Å². The molecule has 0 fully saturated rings. The van der Waals surface area contributed by atoms with Crippen LogP contribution in [0.5, 0.6) is 0 Å². The minimum absolute atomic E-state index is 0.144. The summed E-state index contributed by atoms with van der Waals surface area (Å²) in [6, 6.07) is -0.800. The number of hydrogen-bond acceptors (Lipinski definition) is 4. The van der Waals surface area contributed by atoms with E-state index < -0.39 is 18.2 Å². The van der Waals surface area contributed by atoms with Gasteiger partial charge in [-0.1, -0.05) is 194 Å². The molecule has 0 aliphatic carbocycles. The summed E-state index contributed by atoms with van der Waals surface area (Å²) in [6.45, 7) is 4.17. The van der Waals surface area contributed by atoms with Crippen LogP contribution in [0.25, 0.3) is 0 Å². The molecule has 0 aromatic carbocycles. The molecule has 0 bridgehead atoms. The Morgan fingerprint density at radius 3 is 1.12 bits per heavy atom. The summed E-state index contributed by atoms with van der Waals surface area (Å²) in [6.07, 6.45) is 36.2. The molecule has 0 saturated carbocycles. The predicted octanol–water partition coefficient (Wildman–Crippen LogP) is 10.3. The number of aliphatic hydroxyl groups excluding tert-OH is 3. The highest BCUT2D eigenvalue weighted by Gasteiger charge is 2.26. The number of hydrogen-bond donors (Lipinski definition) is 4. The zero-order valence-electron chi connectivity index (χ0n) is 29.1. The molecule has 0 spiro atoms. The summed E-state index contributed by atoms with van der Waals surface area (Å²) in [7, 11) is 0. The molecular weight excluding hydrogens is 534 g/mol. The number of rotatable bonds is 35. The van der Waals surface area contributed by atoms with Gasteiger partial charge in [0, 0.05) is 6.42 Å². The molecule has 0 aromatic heterocycles. The molecular formula is C38H77NO4. The third kappa shape index (κ3) is 29.8. The van der Waals surface area contributed by atoms with Gasteiger partial charge in [-0.05, 0) is 12.8 Å². The van der Waals surface area contributed by atoms with Gasteiger partial charge in [0.05, 0.1) is 18.8 Å². The first-order valence-electron chi connectivity index (χ1n) is 19.3. The maximum Gasteiger partial charge on any atom is 0.220 e. The first-order valence-corrected chi connectivity index (χ1v) is 19.3. The Labute approximate surface area is 268 Å². The number of unbranched alkanes of at least 4 members (excludes halogenated alkanes) is 27. The summed E-state index contributed by atoms with van der Waals surface area (Å²) in [4.78, 5) is 12.3. The highest BCUT2D eigenvalue weighted by molar-refractivity contribution is 5.76. The van der Waals surface area contributed by atoms with Crippen molar-refractivity contribution in [2.24, 2.45) is 0 Å². The number of amides is 1. The van der Waals surface area contributed by atoms with Crippen LogP contribution < -0.4 is 5.32 Å². The highest BCUT2D eigenvalue weighted by atomic mass is 16.3. The molecule has 5 heteroatoms. The molecule has 0 aliphatic rings. The van der Waals surface area contributed by atoms with Crippen LogP contribution in [0, 0.1) is 0 Å². The Morgan fingerprint density at radius 1 is 0.488 bits per heavy atom. The van der Waals surface area contributed by atoms with Gasteiger partial charge in [0.25, 0.3) is 0 Å². The van der Waals surface area contributed by atoms with Crippen molar-refractivity contribution in [3.63, 3.8) is 0 Å². The van der Waals surface area contributed by atoms with Crippen molar-refractivity contribution >= 4 is 5.91 Å². The van der Waals surface area contributed by atoms with Crippen LogP contribution >= 0.6 is 0 Å². The van der Waals surface area contributed by atoms with Crippen molar-refractivity contribution in [3.8, 4) is 0 Å². The van der Waals surface area contributed by atoms with E-state index in [1.807, 2.05) is 0 Å². The average molecular weight is 612 g/mol. The monoisotopic (exact) mass is 612 g/mol. The molecule has 1 amide bonds. The standard InChI is InChI=1S/C38H77NO4/c1-3-5-7-9-11-13-15-16-17-18-19-20-21-23-24-26-28-30-32-36(41)38(43)35(34-40)39-37(42)33-31-29-27-25-22-14-12-10-8-6-4-2/h35-36,38,40-41,43H,3-34H2,1-2H3,(H,39,42). The van der Waals surface area contributed by atoms with E-state index in [4.69, 9.17) is 0 Å². The fraction of sp³-hybridized carbons (Fsp3) is 0.974. The van der Waals surface area contributed by atoms with Crippen LogP contribution in [0.15, 0.2) is 0 Å². The van der Waals surface area contributed by atoms with Crippen molar-refractivity contribution in [1.29, 1.82) is 0 Å². The third-order valence-corrected chi connectivity index (χ3v) is 9.21. The Kier molecular flexibility index (Phi) is 33.7. The van der Waals surface area contributed by atoms with E-state index in [1.165, 1.54) is 154 Å². The average Bonchev–Trinajstić information content (AvgIpc) is 3.01. The predicted molar refractivity (Wildman–Crippen MR) is 186 cm³/mol. The Bertz CT molecular complexity index is 558. The summed E-state index contributed by atoms with van der Waals surface area (Å²) in [5.74, 6) is -0.144. The summed E-state index contributed by atoms with van der Waals surface area (Å²) in [5.41, 5.74) is 0. The van der Waals surface area contributed by atoms with Crippen LogP contribution in [-0.4, -0.2) is 46.1 Å². The van der Waals surface area contributed by atoms with Gasteiger partial charge in [0.15, 0.2) is 0 Å². The van der Waals surface area contributed by atoms with E-state index in [0.29, 0.717) is 12.8 Å². The topological polar surface area (TPSA) is 89.8 Å². The van der Waals surface area contributed by atoms with Crippen molar-refractivity contribution in [1.82, 2.24) is 5.32 Å². The summed E-state index contributed by atoms with van der Waals surface area (Å²) >= 11 is 0. The molecule has 0 heterocycles. The molecule has 3 unspecified atom stereocenters. The normalized spacial score (nSPS) is 13.7. The van der Waals surface area contributed by atoms with Crippen LogP contribution in [0.1, 0.15) is 213 Å². The Morgan fingerprint density at radius 2 is 0.791 bits per heavy atom. The van der Waals surface area contributed by atoms with E-state index in [0.717, 1.165) is 32.1 Å². The second-order valence-corrected chi connectivity index (χ2v) is 13.5. The van der Waals surface area contributed by atoms with Gasteiger partial charge in [0.1, 0.15) is 6.10 Å². The Hall–Kier alpha value is -0.650. The summed E-state index contributed by atoms with van der Waals surface area (Å²) < 4.78 is 0. The SMILES string of the molecule is CCCCCCCCCCCCCCCCCCCCC(O)C(O)C(CO)NC(=O)CCCCCCCCCCCCC. The number of carbonyl (C=O) groups is 1. The summed E-state index contributed by atoms with van der Waals surface area (Å²) in [5, 5.41) is 33.4. The zero-order valence-corrected chi connectivity index (χ0v) is 29.1. The smallest absolute Gasteiger partial charge is 0.220 e. The maximum atomic E-state index is 12.3. The maximum absolute atomic E-state index is 12.3. The van der Waals surface area contributed by atoms with Crippen molar-refractivity contribution in [2.75, 3.05) is 6.61 Å². The van der Waals surface area contributed by atoms with Crippen LogP contribution in [-0.2, 0) is 4.79 Å². The fourth-order valence-corrected chi connectivity index (χ4v) is 6.16. The van der Waals surface area contributed by atoms with Gasteiger partial charge in [-0.2, -0.15) is 0 Å². The van der Waals surface area contributed by atoms with Crippen LogP contribution in [0.2, 0.25) is 0 Å². The first-order chi connectivity index (χ1) is 21.1. The highest BCUT2D eigenvalue weighted by Crippen LogP contribution is 2.16. The van der Waals surface area contributed by atoms with E-state index in [9.17, 15) is 20.1 Å². The minimum atomic E-state index is -1.13.